The van der Waals surface area contributed by atoms with Crippen LogP contribution < -0.4 is 5.32 Å². The first-order valence-electron chi connectivity index (χ1n) is 4.46. The summed E-state index contributed by atoms with van der Waals surface area (Å²) in [6.45, 7) is 1.25. The van der Waals surface area contributed by atoms with Crippen LogP contribution in [-0.4, -0.2) is 20.6 Å². The van der Waals surface area contributed by atoms with Crippen LogP contribution in [0.4, 0.5) is 10.1 Å². The van der Waals surface area contributed by atoms with E-state index in [4.69, 9.17) is 4.55 Å². The Kier molecular flexibility index (Phi) is 4.81. The summed E-state index contributed by atoms with van der Waals surface area (Å²) in [5.41, 5.74) is 0.637. The van der Waals surface area contributed by atoms with Crippen LogP contribution in [0.2, 0.25) is 0 Å². The smallest absolute Gasteiger partial charge is 0.303 e. The molecule has 5 nitrogen and oxygen atoms in total. The van der Waals surface area contributed by atoms with Gasteiger partial charge in [-0.25, -0.2) is 8.57 Å². The third-order valence-corrected chi connectivity index (χ3v) is 2.21. The average molecular weight is 249 g/mol. The normalized spacial score (nSPS) is 14.5. The number of aliphatic hydroxyl groups excluding tert-OH is 1. The Hall–Kier alpha value is -1.02. The van der Waals surface area contributed by atoms with E-state index < -0.39 is 23.3 Å². The second kappa shape index (κ2) is 5.90. The van der Waals surface area contributed by atoms with E-state index >= 15 is 0 Å². The zero-order valence-electron chi connectivity index (χ0n) is 8.51. The lowest BCUT2D eigenvalue weighted by atomic mass is 10.1. The molecule has 1 aromatic rings. The molecule has 0 spiro atoms. The van der Waals surface area contributed by atoms with E-state index in [0.717, 1.165) is 0 Å². The van der Waals surface area contributed by atoms with Gasteiger partial charge in [-0.15, -0.1) is 0 Å². The van der Waals surface area contributed by atoms with Gasteiger partial charge in [0.2, 0.25) is 0 Å². The molecule has 2 atom stereocenters. The SMILES string of the molecule is C[C@@H](O)c1ccc(F)c(NCOS(=O)O)c1. The number of nitrogens with one attached hydrogen (secondary N) is 1. The van der Waals surface area contributed by atoms with E-state index in [1.54, 1.807) is 6.92 Å². The molecule has 1 aromatic carbocycles. The predicted molar refractivity (Wildman–Crippen MR) is 57.4 cm³/mol. The van der Waals surface area contributed by atoms with Gasteiger partial charge in [-0.1, -0.05) is 6.07 Å². The Morgan fingerprint density at radius 1 is 1.62 bits per heavy atom. The van der Waals surface area contributed by atoms with Crippen molar-refractivity contribution in [2.75, 3.05) is 12.0 Å². The highest BCUT2D eigenvalue weighted by molar-refractivity contribution is 7.74. The quantitative estimate of drug-likeness (QED) is 0.543. The fraction of sp³-hybridized carbons (Fsp3) is 0.333. The third kappa shape index (κ3) is 3.86. The maximum atomic E-state index is 13.2. The van der Waals surface area contributed by atoms with Crippen LogP contribution >= 0.6 is 0 Å². The van der Waals surface area contributed by atoms with Gasteiger partial charge in [0.05, 0.1) is 11.8 Å². The number of benzene rings is 1. The van der Waals surface area contributed by atoms with Crippen LogP contribution in [0, 0.1) is 5.82 Å². The summed E-state index contributed by atoms with van der Waals surface area (Å²) in [6, 6.07) is 4.06. The molecule has 0 heterocycles. The first-order valence-corrected chi connectivity index (χ1v) is 5.49. The molecule has 0 saturated heterocycles. The number of aliphatic hydroxyl groups is 1. The van der Waals surface area contributed by atoms with Gasteiger partial charge in [0.1, 0.15) is 12.5 Å². The van der Waals surface area contributed by atoms with Crippen LogP contribution in [0.15, 0.2) is 18.2 Å². The zero-order valence-corrected chi connectivity index (χ0v) is 9.33. The van der Waals surface area contributed by atoms with Crippen LogP contribution in [0.3, 0.4) is 0 Å². The van der Waals surface area contributed by atoms with Gasteiger partial charge < -0.3 is 10.4 Å². The Bertz CT molecular complexity index is 386. The Labute approximate surface area is 94.7 Å². The minimum atomic E-state index is -2.39. The molecule has 7 heteroatoms. The summed E-state index contributed by atoms with van der Waals surface area (Å²) >= 11 is -2.39. The standard InChI is InChI=1S/C9H12FNO4S/c1-6(12)7-2-3-8(10)9(4-7)11-5-15-16(13)14/h2-4,6,11-12H,5H2,1H3,(H,13,14)/t6-/m1/s1. The fourth-order valence-corrected chi connectivity index (χ4v) is 1.26. The summed E-state index contributed by atoms with van der Waals surface area (Å²) in [5.74, 6) is -0.531. The van der Waals surface area contributed by atoms with E-state index in [-0.39, 0.29) is 12.4 Å². The van der Waals surface area contributed by atoms with Crippen molar-refractivity contribution >= 4 is 17.0 Å². The van der Waals surface area contributed by atoms with Crippen molar-refractivity contribution in [2.24, 2.45) is 0 Å². The Balaban J connectivity index is 2.70. The van der Waals surface area contributed by atoms with Gasteiger partial charge in [0.25, 0.3) is 0 Å². The highest BCUT2D eigenvalue weighted by Gasteiger charge is 2.06. The largest absolute Gasteiger partial charge is 0.389 e. The van der Waals surface area contributed by atoms with Crippen LogP contribution in [0.1, 0.15) is 18.6 Å². The van der Waals surface area contributed by atoms with Crippen LogP contribution in [0.5, 0.6) is 0 Å². The summed E-state index contributed by atoms with van der Waals surface area (Å²) in [7, 11) is 0. The summed E-state index contributed by atoms with van der Waals surface area (Å²) < 4.78 is 36.0. The molecule has 0 aliphatic carbocycles. The lowest BCUT2D eigenvalue weighted by Crippen LogP contribution is -2.09. The monoisotopic (exact) mass is 249 g/mol. The highest BCUT2D eigenvalue weighted by Crippen LogP contribution is 2.20. The van der Waals surface area contributed by atoms with Crippen molar-refractivity contribution in [1.29, 1.82) is 0 Å². The maximum absolute atomic E-state index is 13.2. The fourth-order valence-electron chi connectivity index (χ4n) is 1.10. The highest BCUT2D eigenvalue weighted by atomic mass is 32.2. The van der Waals surface area contributed by atoms with Crippen molar-refractivity contribution in [3.05, 3.63) is 29.6 Å². The second-order valence-corrected chi connectivity index (χ2v) is 3.74. The first-order chi connectivity index (χ1) is 7.50. The van der Waals surface area contributed by atoms with Crippen molar-refractivity contribution in [1.82, 2.24) is 0 Å². The molecule has 1 unspecified atom stereocenters. The molecular weight excluding hydrogens is 237 g/mol. The van der Waals surface area contributed by atoms with Crippen molar-refractivity contribution in [3.8, 4) is 0 Å². The van der Waals surface area contributed by atoms with Gasteiger partial charge in [-0.05, 0) is 24.6 Å². The van der Waals surface area contributed by atoms with E-state index in [0.29, 0.717) is 5.56 Å². The second-order valence-electron chi connectivity index (χ2n) is 3.07. The number of anilines is 1. The van der Waals surface area contributed by atoms with Crippen molar-refractivity contribution in [3.63, 3.8) is 0 Å². The first kappa shape index (κ1) is 13.0. The molecule has 90 valence electrons. The molecule has 3 N–H and O–H groups in total. The molecule has 0 aliphatic rings. The average Bonchev–Trinajstić information content (AvgIpc) is 2.20. The van der Waals surface area contributed by atoms with E-state index in [1.807, 2.05) is 0 Å². The van der Waals surface area contributed by atoms with Gasteiger partial charge in [-0.3, -0.25) is 4.55 Å². The third-order valence-electron chi connectivity index (χ3n) is 1.90. The summed E-state index contributed by atoms with van der Waals surface area (Å²) in [4.78, 5) is 0. The maximum Gasteiger partial charge on any atom is 0.303 e. The van der Waals surface area contributed by atoms with Gasteiger partial charge >= 0.3 is 11.4 Å². The van der Waals surface area contributed by atoms with E-state index in [1.165, 1.54) is 18.2 Å². The molecule has 0 radical (unpaired) electrons. The van der Waals surface area contributed by atoms with E-state index in [2.05, 4.69) is 9.50 Å². The zero-order chi connectivity index (χ0) is 12.1. The molecule has 0 fully saturated rings. The molecule has 16 heavy (non-hydrogen) atoms. The summed E-state index contributed by atoms with van der Waals surface area (Å²) in [5, 5.41) is 11.8. The number of hydrogen-bond acceptors (Lipinski definition) is 4. The molecular formula is C9H12FNO4S. The van der Waals surface area contributed by atoms with Gasteiger partial charge in [0.15, 0.2) is 0 Å². The molecule has 1 rings (SSSR count). The number of halogens is 1. The van der Waals surface area contributed by atoms with Gasteiger partial charge in [-0.2, -0.15) is 4.21 Å². The van der Waals surface area contributed by atoms with Gasteiger partial charge in [0, 0.05) is 0 Å². The summed E-state index contributed by atoms with van der Waals surface area (Å²) in [6.07, 6.45) is -0.714. The topological polar surface area (TPSA) is 78.8 Å². The van der Waals surface area contributed by atoms with Crippen LogP contribution in [0.25, 0.3) is 0 Å². The minimum absolute atomic E-state index is 0.101. The number of hydrogen-bond donors (Lipinski definition) is 3. The molecule has 0 amide bonds. The van der Waals surface area contributed by atoms with Crippen LogP contribution in [-0.2, 0) is 15.5 Å². The Morgan fingerprint density at radius 2 is 2.31 bits per heavy atom. The number of rotatable bonds is 5. The van der Waals surface area contributed by atoms with E-state index in [9.17, 15) is 13.7 Å². The predicted octanol–water partition coefficient (Wildman–Crippen LogP) is 1.40. The lowest BCUT2D eigenvalue weighted by molar-refractivity contribution is 0.199. The Morgan fingerprint density at radius 3 is 2.88 bits per heavy atom. The molecule has 0 saturated carbocycles. The molecule has 0 aliphatic heterocycles. The molecule has 0 bridgehead atoms. The minimum Gasteiger partial charge on any atom is -0.389 e. The van der Waals surface area contributed by atoms with Crippen molar-refractivity contribution in [2.45, 2.75) is 13.0 Å². The lowest BCUT2D eigenvalue weighted by Gasteiger charge is -2.10. The van der Waals surface area contributed by atoms with Crippen molar-refractivity contribution < 1.29 is 22.4 Å². The molecule has 0 aromatic heterocycles.